The van der Waals surface area contributed by atoms with E-state index in [4.69, 9.17) is 11.6 Å². The van der Waals surface area contributed by atoms with E-state index in [1.54, 1.807) is 42.5 Å². The second-order valence-corrected chi connectivity index (χ2v) is 6.36. The van der Waals surface area contributed by atoms with Crippen molar-refractivity contribution in [2.75, 3.05) is 5.32 Å². The van der Waals surface area contributed by atoms with Gasteiger partial charge in [0, 0.05) is 6.54 Å². The van der Waals surface area contributed by atoms with Gasteiger partial charge in [-0.25, -0.2) is 4.98 Å². The highest BCUT2D eigenvalue weighted by Gasteiger charge is 2.13. The van der Waals surface area contributed by atoms with Gasteiger partial charge < -0.3 is 10.6 Å². The number of benzene rings is 2. The molecule has 136 valence electrons. The molecule has 0 unspecified atom stereocenters. The number of carbonyl (C=O) groups excluding carboxylic acids is 2. The van der Waals surface area contributed by atoms with Crippen LogP contribution in [0.5, 0.6) is 0 Å². The van der Waals surface area contributed by atoms with Gasteiger partial charge in [0.05, 0.1) is 10.7 Å². The summed E-state index contributed by atoms with van der Waals surface area (Å²) in [6, 6.07) is 19.5. The van der Waals surface area contributed by atoms with Gasteiger partial charge in [-0.1, -0.05) is 54.1 Å². The largest absolute Gasteiger partial charge is 0.347 e. The molecule has 0 atom stereocenters. The fourth-order valence-electron chi connectivity index (χ4n) is 2.51. The van der Waals surface area contributed by atoms with Gasteiger partial charge in [0.2, 0.25) is 0 Å². The first kappa shape index (κ1) is 18.6. The lowest BCUT2D eigenvalue weighted by Gasteiger charge is -2.09. The number of carbonyl (C=O) groups is 2. The molecular weight excluding hydrogens is 362 g/mol. The number of para-hydroxylation sites is 1. The summed E-state index contributed by atoms with van der Waals surface area (Å²) in [4.78, 5) is 29.0. The topological polar surface area (TPSA) is 71.1 Å². The molecule has 6 heteroatoms. The maximum absolute atomic E-state index is 12.4. The van der Waals surface area contributed by atoms with E-state index in [0.717, 1.165) is 11.1 Å². The van der Waals surface area contributed by atoms with E-state index in [2.05, 4.69) is 15.6 Å². The van der Waals surface area contributed by atoms with E-state index >= 15 is 0 Å². The van der Waals surface area contributed by atoms with Crippen molar-refractivity contribution in [3.8, 4) is 0 Å². The zero-order valence-electron chi connectivity index (χ0n) is 14.7. The van der Waals surface area contributed by atoms with Gasteiger partial charge >= 0.3 is 0 Å². The first-order valence-corrected chi connectivity index (χ1v) is 8.78. The Morgan fingerprint density at radius 3 is 2.30 bits per heavy atom. The molecule has 1 heterocycles. The smallest absolute Gasteiger partial charge is 0.274 e. The van der Waals surface area contributed by atoms with Crippen molar-refractivity contribution in [2.24, 2.45) is 0 Å². The number of pyridine rings is 1. The first-order chi connectivity index (χ1) is 13.0. The number of anilines is 1. The second kappa shape index (κ2) is 8.47. The third-order valence-corrected chi connectivity index (χ3v) is 4.37. The monoisotopic (exact) mass is 379 g/mol. The van der Waals surface area contributed by atoms with Crippen LogP contribution in [-0.2, 0) is 6.54 Å². The summed E-state index contributed by atoms with van der Waals surface area (Å²) >= 11 is 6.05. The number of halogens is 1. The lowest BCUT2D eigenvalue weighted by atomic mass is 10.1. The van der Waals surface area contributed by atoms with E-state index in [1.165, 1.54) is 0 Å². The third-order valence-electron chi connectivity index (χ3n) is 4.04. The molecule has 0 aliphatic rings. The second-order valence-electron chi connectivity index (χ2n) is 5.95. The van der Waals surface area contributed by atoms with E-state index in [0.29, 0.717) is 17.3 Å². The maximum Gasteiger partial charge on any atom is 0.274 e. The normalized spacial score (nSPS) is 10.3. The minimum atomic E-state index is -0.434. The standard InChI is InChI=1S/C21H18ClN3O2/c1-14-7-2-3-8-15(14)13-23-20(26)18-11-6-12-19(24-18)21(27)25-17-10-5-4-9-16(17)22/h2-12H,13H2,1H3,(H,23,26)(H,25,27). The molecule has 0 bridgehead atoms. The lowest BCUT2D eigenvalue weighted by Crippen LogP contribution is -2.25. The van der Waals surface area contributed by atoms with Crippen LogP contribution in [-0.4, -0.2) is 16.8 Å². The van der Waals surface area contributed by atoms with Gasteiger partial charge in [0.25, 0.3) is 11.8 Å². The molecule has 3 aromatic rings. The molecule has 1 aromatic heterocycles. The summed E-state index contributed by atoms with van der Waals surface area (Å²) in [6.07, 6.45) is 0. The number of aromatic nitrogens is 1. The van der Waals surface area contributed by atoms with Crippen molar-refractivity contribution in [2.45, 2.75) is 13.5 Å². The molecule has 2 aromatic carbocycles. The van der Waals surface area contributed by atoms with Crippen LogP contribution in [0.15, 0.2) is 66.7 Å². The molecule has 2 amide bonds. The van der Waals surface area contributed by atoms with Crippen molar-refractivity contribution in [1.82, 2.24) is 10.3 Å². The minimum absolute atomic E-state index is 0.137. The Kier molecular flexibility index (Phi) is 5.84. The van der Waals surface area contributed by atoms with E-state index < -0.39 is 5.91 Å². The summed E-state index contributed by atoms with van der Waals surface area (Å²) < 4.78 is 0. The van der Waals surface area contributed by atoms with Crippen molar-refractivity contribution in [3.63, 3.8) is 0 Å². The Balaban J connectivity index is 1.69. The highest BCUT2D eigenvalue weighted by Crippen LogP contribution is 2.21. The van der Waals surface area contributed by atoms with E-state index in [-0.39, 0.29) is 17.3 Å². The van der Waals surface area contributed by atoms with Crippen LogP contribution < -0.4 is 10.6 Å². The van der Waals surface area contributed by atoms with Gasteiger partial charge in [0.15, 0.2) is 0 Å². The molecule has 0 radical (unpaired) electrons. The fourth-order valence-corrected chi connectivity index (χ4v) is 2.69. The van der Waals surface area contributed by atoms with Crippen molar-refractivity contribution >= 4 is 29.1 Å². The molecule has 2 N–H and O–H groups in total. The Morgan fingerprint density at radius 2 is 1.56 bits per heavy atom. The Hall–Kier alpha value is -3.18. The first-order valence-electron chi connectivity index (χ1n) is 8.40. The van der Waals surface area contributed by atoms with E-state index in [1.807, 2.05) is 31.2 Å². The lowest BCUT2D eigenvalue weighted by molar-refractivity contribution is 0.0945. The maximum atomic E-state index is 12.4. The molecule has 0 saturated heterocycles. The molecule has 0 fully saturated rings. The molecule has 27 heavy (non-hydrogen) atoms. The number of rotatable bonds is 5. The van der Waals surface area contributed by atoms with Gasteiger partial charge in [-0.2, -0.15) is 0 Å². The number of hydrogen-bond acceptors (Lipinski definition) is 3. The highest BCUT2D eigenvalue weighted by atomic mass is 35.5. The van der Waals surface area contributed by atoms with Crippen molar-refractivity contribution in [3.05, 3.63) is 94.3 Å². The van der Waals surface area contributed by atoms with Crippen LogP contribution in [0.1, 0.15) is 32.1 Å². The van der Waals surface area contributed by atoms with Crippen LogP contribution in [0.4, 0.5) is 5.69 Å². The van der Waals surface area contributed by atoms with Crippen LogP contribution in [0.25, 0.3) is 0 Å². The summed E-state index contributed by atoms with van der Waals surface area (Å²) in [6.45, 7) is 2.38. The minimum Gasteiger partial charge on any atom is -0.347 e. The predicted molar refractivity (Wildman–Crippen MR) is 106 cm³/mol. The number of nitrogens with one attached hydrogen (secondary N) is 2. The zero-order valence-corrected chi connectivity index (χ0v) is 15.5. The Bertz CT molecular complexity index is 988. The molecule has 5 nitrogen and oxygen atoms in total. The number of nitrogens with zero attached hydrogens (tertiary/aromatic N) is 1. The number of hydrogen-bond donors (Lipinski definition) is 2. The molecular formula is C21H18ClN3O2. The number of aryl methyl sites for hydroxylation is 1. The quantitative estimate of drug-likeness (QED) is 0.697. The summed E-state index contributed by atoms with van der Waals surface area (Å²) in [5.74, 6) is -0.776. The van der Waals surface area contributed by atoms with Crippen LogP contribution in [0, 0.1) is 6.92 Å². The van der Waals surface area contributed by atoms with Gasteiger partial charge in [-0.3, -0.25) is 9.59 Å². The summed E-state index contributed by atoms with van der Waals surface area (Å²) in [5.41, 5.74) is 2.92. The molecule has 3 rings (SSSR count). The van der Waals surface area contributed by atoms with Gasteiger partial charge in [-0.15, -0.1) is 0 Å². The van der Waals surface area contributed by atoms with E-state index in [9.17, 15) is 9.59 Å². The average molecular weight is 380 g/mol. The SMILES string of the molecule is Cc1ccccc1CNC(=O)c1cccc(C(=O)Nc2ccccc2Cl)n1. The van der Waals surface area contributed by atoms with Gasteiger partial charge in [-0.05, 0) is 42.3 Å². The molecule has 0 aliphatic heterocycles. The van der Waals surface area contributed by atoms with Crippen LogP contribution >= 0.6 is 11.6 Å². The summed E-state index contributed by atoms with van der Waals surface area (Å²) in [7, 11) is 0. The van der Waals surface area contributed by atoms with Crippen LogP contribution in [0.3, 0.4) is 0 Å². The Morgan fingerprint density at radius 1 is 0.889 bits per heavy atom. The summed E-state index contributed by atoms with van der Waals surface area (Å²) in [5, 5.41) is 5.95. The molecule has 0 spiro atoms. The third kappa shape index (κ3) is 4.71. The highest BCUT2D eigenvalue weighted by molar-refractivity contribution is 6.33. The van der Waals surface area contributed by atoms with Gasteiger partial charge in [0.1, 0.15) is 11.4 Å². The van der Waals surface area contributed by atoms with Crippen molar-refractivity contribution < 1.29 is 9.59 Å². The Labute approximate surface area is 162 Å². The zero-order chi connectivity index (χ0) is 19.2. The fraction of sp³-hybridized carbons (Fsp3) is 0.0952. The molecule has 0 aliphatic carbocycles. The molecule has 0 saturated carbocycles. The van der Waals surface area contributed by atoms with Crippen molar-refractivity contribution in [1.29, 1.82) is 0 Å². The van der Waals surface area contributed by atoms with Crippen LogP contribution in [0.2, 0.25) is 5.02 Å². The average Bonchev–Trinajstić information content (AvgIpc) is 2.69. The predicted octanol–water partition coefficient (Wildman–Crippen LogP) is 4.23. The number of amides is 2.